The number of para-hydroxylation sites is 1. The fourth-order valence-corrected chi connectivity index (χ4v) is 5.32. The second-order valence-electron chi connectivity index (χ2n) is 6.76. The Morgan fingerprint density at radius 1 is 1.14 bits per heavy atom. The van der Waals surface area contributed by atoms with Crippen molar-refractivity contribution in [2.24, 2.45) is 0 Å². The molecule has 0 radical (unpaired) electrons. The molecule has 1 aromatic carbocycles. The lowest BCUT2D eigenvalue weighted by atomic mass is 10.3. The summed E-state index contributed by atoms with van der Waals surface area (Å²) in [4.78, 5) is 21.6. The predicted molar refractivity (Wildman–Crippen MR) is 114 cm³/mol. The van der Waals surface area contributed by atoms with Gasteiger partial charge in [-0.3, -0.25) is 9.69 Å². The molecule has 2 aromatic heterocycles. The summed E-state index contributed by atoms with van der Waals surface area (Å²) in [6, 6.07) is 10.9. The fourth-order valence-electron chi connectivity index (χ4n) is 3.37. The number of piperazine rings is 1. The number of rotatable bonds is 5. The van der Waals surface area contributed by atoms with Crippen LogP contribution >= 0.6 is 15.9 Å². The number of nitrogens with zero attached hydrogens (tertiary/aromatic N) is 3. The Hall–Kier alpha value is -2.27. The molecule has 10 heteroatoms. The van der Waals surface area contributed by atoms with E-state index < -0.39 is 10.0 Å². The minimum atomic E-state index is -3.62. The summed E-state index contributed by atoms with van der Waals surface area (Å²) in [5.41, 5.74) is 1.26. The molecule has 0 atom stereocenters. The maximum absolute atomic E-state index is 13.0. The molecule has 2 N–H and O–H groups in total. The maximum Gasteiger partial charge on any atom is 0.245 e. The van der Waals surface area contributed by atoms with Crippen molar-refractivity contribution in [2.75, 3.05) is 38.0 Å². The third-order valence-electron chi connectivity index (χ3n) is 4.88. The number of carbonyl (C=O) groups excluding carboxylic acids is 1. The lowest BCUT2D eigenvalue weighted by molar-refractivity contribution is -0.117. The van der Waals surface area contributed by atoms with Crippen LogP contribution in [0.2, 0.25) is 0 Å². The number of H-pyrrole nitrogens is 1. The molecule has 152 valence electrons. The van der Waals surface area contributed by atoms with Gasteiger partial charge >= 0.3 is 0 Å². The number of fused-ring (bicyclic) bond motifs is 1. The number of pyridine rings is 1. The van der Waals surface area contributed by atoms with Crippen molar-refractivity contribution in [1.82, 2.24) is 19.2 Å². The van der Waals surface area contributed by atoms with E-state index in [-0.39, 0.29) is 17.3 Å². The quantitative estimate of drug-likeness (QED) is 0.587. The van der Waals surface area contributed by atoms with E-state index in [9.17, 15) is 13.2 Å². The summed E-state index contributed by atoms with van der Waals surface area (Å²) >= 11 is 3.41. The summed E-state index contributed by atoms with van der Waals surface area (Å²) in [5.74, 6) is -0.129. The second-order valence-corrected chi connectivity index (χ2v) is 9.52. The van der Waals surface area contributed by atoms with Crippen LogP contribution in [0.1, 0.15) is 0 Å². The predicted octanol–water partition coefficient (Wildman–Crippen LogP) is 2.27. The first-order chi connectivity index (χ1) is 13.9. The Kier molecular flexibility index (Phi) is 5.68. The normalized spacial score (nSPS) is 16.2. The van der Waals surface area contributed by atoms with Crippen LogP contribution in [-0.4, -0.2) is 66.2 Å². The lowest BCUT2D eigenvalue weighted by Crippen LogP contribution is -2.50. The van der Waals surface area contributed by atoms with Crippen LogP contribution in [-0.2, 0) is 14.8 Å². The molecular formula is C19H20BrN5O3S. The topological polar surface area (TPSA) is 98.4 Å². The molecule has 8 nitrogen and oxygen atoms in total. The number of benzene rings is 1. The molecule has 0 saturated carbocycles. The molecule has 0 unspecified atom stereocenters. The highest BCUT2D eigenvalue weighted by Gasteiger charge is 2.31. The zero-order valence-corrected chi connectivity index (χ0v) is 17.9. The zero-order valence-electron chi connectivity index (χ0n) is 15.5. The van der Waals surface area contributed by atoms with Gasteiger partial charge in [0, 0.05) is 48.4 Å². The average molecular weight is 478 g/mol. The van der Waals surface area contributed by atoms with E-state index >= 15 is 0 Å². The van der Waals surface area contributed by atoms with Crippen LogP contribution in [0.3, 0.4) is 0 Å². The molecular weight excluding hydrogens is 458 g/mol. The zero-order chi connectivity index (χ0) is 20.4. The number of aromatic amines is 1. The van der Waals surface area contributed by atoms with Gasteiger partial charge < -0.3 is 10.3 Å². The number of carbonyl (C=O) groups is 1. The van der Waals surface area contributed by atoms with Gasteiger partial charge in [-0.05, 0) is 40.2 Å². The van der Waals surface area contributed by atoms with Gasteiger partial charge in [-0.15, -0.1) is 0 Å². The fraction of sp³-hybridized carbons (Fsp3) is 0.263. The van der Waals surface area contributed by atoms with Crippen LogP contribution < -0.4 is 5.32 Å². The van der Waals surface area contributed by atoms with Crippen molar-refractivity contribution in [3.05, 3.63) is 53.3 Å². The molecule has 1 saturated heterocycles. The molecule has 3 aromatic rings. The van der Waals surface area contributed by atoms with Gasteiger partial charge in [-0.2, -0.15) is 4.31 Å². The molecule has 1 aliphatic rings. The molecule has 0 bridgehead atoms. The van der Waals surface area contributed by atoms with Crippen LogP contribution in [0.25, 0.3) is 11.0 Å². The number of hydrogen-bond donors (Lipinski definition) is 2. The van der Waals surface area contributed by atoms with Gasteiger partial charge in [-0.25, -0.2) is 13.4 Å². The third kappa shape index (κ3) is 4.20. The monoisotopic (exact) mass is 477 g/mol. The van der Waals surface area contributed by atoms with E-state index in [1.807, 2.05) is 29.2 Å². The van der Waals surface area contributed by atoms with Gasteiger partial charge in [0.2, 0.25) is 15.9 Å². The second kappa shape index (κ2) is 8.23. The van der Waals surface area contributed by atoms with Crippen molar-refractivity contribution in [1.29, 1.82) is 0 Å². The van der Waals surface area contributed by atoms with Crippen molar-refractivity contribution in [3.63, 3.8) is 0 Å². The highest BCUT2D eigenvalue weighted by Crippen LogP contribution is 2.25. The Balaban J connectivity index is 1.38. The van der Waals surface area contributed by atoms with Crippen molar-refractivity contribution in [3.8, 4) is 0 Å². The Labute approximate surface area is 177 Å². The van der Waals surface area contributed by atoms with E-state index in [1.165, 1.54) is 10.5 Å². The number of nitrogens with one attached hydrogen (secondary N) is 2. The van der Waals surface area contributed by atoms with Gasteiger partial charge in [-0.1, -0.05) is 12.1 Å². The van der Waals surface area contributed by atoms with Crippen molar-refractivity contribution >= 4 is 48.6 Å². The number of halogens is 1. The highest BCUT2D eigenvalue weighted by molar-refractivity contribution is 9.10. The van der Waals surface area contributed by atoms with Gasteiger partial charge in [0.05, 0.1) is 12.2 Å². The molecule has 1 fully saturated rings. The van der Waals surface area contributed by atoms with E-state index in [0.29, 0.717) is 42.9 Å². The summed E-state index contributed by atoms with van der Waals surface area (Å²) in [6.45, 7) is 1.85. The molecule has 3 heterocycles. The Bertz CT molecular complexity index is 1140. The lowest BCUT2D eigenvalue weighted by Gasteiger charge is -2.33. The first-order valence-corrected chi connectivity index (χ1v) is 11.4. The van der Waals surface area contributed by atoms with Crippen molar-refractivity contribution in [2.45, 2.75) is 4.90 Å². The molecule has 0 spiro atoms. The van der Waals surface area contributed by atoms with E-state index in [1.54, 1.807) is 18.3 Å². The largest absolute Gasteiger partial charge is 0.345 e. The number of hydrogen-bond acceptors (Lipinski definition) is 5. The standard InChI is InChI=1S/C19H20BrN5O3S/c20-15-5-1-2-6-16(15)23-18(26)13-24-8-10-25(11-9-24)29(27,28)17-12-22-19-14(17)4-3-7-21-19/h1-7,12H,8-11,13H2,(H,21,22)(H,23,26). The minimum Gasteiger partial charge on any atom is -0.345 e. The smallest absolute Gasteiger partial charge is 0.245 e. The van der Waals surface area contributed by atoms with E-state index in [4.69, 9.17) is 0 Å². The molecule has 0 aliphatic carbocycles. The van der Waals surface area contributed by atoms with Crippen molar-refractivity contribution < 1.29 is 13.2 Å². The minimum absolute atomic E-state index is 0.129. The Morgan fingerprint density at radius 3 is 2.66 bits per heavy atom. The number of anilines is 1. The number of amides is 1. The average Bonchev–Trinajstić information content (AvgIpc) is 3.15. The molecule has 1 amide bonds. The number of sulfonamides is 1. The SMILES string of the molecule is O=C(CN1CCN(S(=O)(=O)c2c[nH]c3ncccc23)CC1)Nc1ccccc1Br. The third-order valence-corrected chi connectivity index (χ3v) is 7.51. The van der Waals surface area contributed by atoms with Crippen LogP contribution in [0.5, 0.6) is 0 Å². The summed E-state index contributed by atoms with van der Waals surface area (Å²) in [5, 5.41) is 3.46. The maximum atomic E-state index is 13.0. The van der Waals surface area contributed by atoms with E-state index in [0.717, 1.165) is 4.47 Å². The molecule has 29 heavy (non-hydrogen) atoms. The van der Waals surface area contributed by atoms with E-state index in [2.05, 4.69) is 31.2 Å². The molecule has 4 rings (SSSR count). The Morgan fingerprint density at radius 2 is 1.90 bits per heavy atom. The first kappa shape index (κ1) is 20.0. The van der Waals surface area contributed by atoms with Gasteiger partial charge in [0.15, 0.2) is 0 Å². The van der Waals surface area contributed by atoms with Gasteiger partial charge in [0.1, 0.15) is 10.5 Å². The first-order valence-electron chi connectivity index (χ1n) is 9.14. The van der Waals surface area contributed by atoms with Gasteiger partial charge in [0.25, 0.3) is 0 Å². The summed E-state index contributed by atoms with van der Waals surface area (Å²) in [7, 11) is -3.62. The highest BCUT2D eigenvalue weighted by atomic mass is 79.9. The van der Waals surface area contributed by atoms with Crippen LogP contribution in [0.4, 0.5) is 5.69 Å². The summed E-state index contributed by atoms with van der Waals surface area (Å²) in [6.07, 6.45) is 3.11. The molecule has 1 aliphatic heterocycles. The summed E-state index contributed by atoms with van der Waals surface area (Å²) < 4.78 is 28.4. The number of aromatic nitrogens is 2. The van der Waals surface area contributed by atoms with Crippen LogP contribution in [0.15, 0.2) is 58.2 Å². The van der Waals surface area contributed by atoms with Crippen LogP contribution in [0, 0.1) is 0 Å².